The number of hydrogen-bond donors (Lipinski definition) is 1. The number of carbonyl (C=O) groups excluding carboxylic acids is 1. The molecule has 33 heavy (non-hydrogen) atoms. The van der Waals surface area contributed by atoms with Crippen molar-refractivity contribution in [1.29, 1.82) is 0 Å². The van der Waals surface area contributed by atoms with Crippen LogP contribution < -0.4 is 14.8 Å². The van der Waals surface area contributed by atoms with Crippen molar-refractivity contribution in [1.82, 2.24) is 20.0 Å². The van der Waals surface area contributed by atoms with E-state index in [1.807, 2.05) is 55.5 Å². The van der Waals surface area contributed by atoms with Crippen LogP contribution >= 0.6 is 0 Å². The molecule has 1 aliphatic heterocycles. The van der Waals surface area contributed by atoms with E-state index in [2.05, 4.69) is 10.2 Å². The van der Waals surface area contributed by atoms with E-state index >= 15 is 0 Å². The Morgan fingerprint density at radius 2 is 1.76 bits per heavy atom. The van der Waals surface area contributed by atoms with Crippen LogP contribution in [0.3, 0.4) is 0 Å². The lowest BCUT2D eigenvalue weighted by Crippen LogP contribution is -2.38. The van der Waals surface area contributed by atoms with Gasteiger partial charge in [0.15, 0.2) is 0 Å². The van der Waals surface area contributed by atoms with Crippen LogP contribution in [-0.2, 0) is 0 Å². The maximum atomic E-state index is 13.2. The molecule has 174 valence electrons. The number of carbonyl (C=O) groups is 1. The molecular weight excluding hydrogens is 416 g/mol. The molecule has 1 saturated heterocycles. The minimum atomic E-state index is -0.140. The molecule has 0 radical (unpaired) electrons. The fourth-order valence-electron chi connectivity index (χ4n) is 4.17. The van der Waals surface area contributed by atoms with Crippen molar-refractivity contribution in [3.63, 3.8) is 0 Å². The highest BCUT2D eigenvalue weighted by Crippen LogP contribution is 2.33. The van der Waals surface area contributed by atoms with Crippen LogP contribution in [0.1, 0.15) is 35.3 Å². The van der Waals surface area contributed by atoms with E-state index in [1.54, 1.807) is 18.9 Å². The number of amides is 1. The average Bonchev–Trinajstić information content (AvgIpc) is 3.30. The quantitative estimate of drug-likeness (QED) is 0.562. The Labute approximate surface area is 195 Å². The molecule has 1 amide bonds. The molecule has 2 heterocycles. The second kappa shape index (κ2) is 10.5. The summed E-state index contributed by atoms with van der Waals surface area (Å²) in [4.78, 5) is 15.6. The lowest BCUT2D eigenvalue weighted by Gasteiger charge is -2.26. The van der Waals surface area contributed by atoms with Gasteiger partial charge in [0.2, 0.25) is 0 Å². The van der Waals surface area contributed by atoms with Crippen LogP contribution in [0.25, 0.3) is 16.9 Å². The molecule has 1 aromatic heterocycles. The Bertz CT molecular complexity index is 1090. The van der Waals surface area contributed by atoms with Gasteiger partial charge in [0.1, 0.15) is 17.2 Å². The fraction of sp³-hybridized carbons (Fsp3) is 0.385. The zero-order valence-electron chi connectivity index (χ0n) is 19.6. The van der Waals surface area contributed by atoms with Gasteiger partial charge < -0.3 is 19.7 Å². The molecule has 3 aromatic rings. The number of rotatable bonds is 8. The highest BCUT2D eigenvalue weighted by molar-refractivity contribution is 5.94. The van der Waals surface area contributed by atoms with Gasteiger partial charge in [-0.1, -0.05) is 24.1 Å². The van der Waals surface area contributed by atoms with Gasteiger partial charge in [-0.2, -0.15) is 5.10 Å². The summed E-state index contributed by atoms with van der Waals surface area (Å²) in [7, 11) is 3.23. The smallest absolute Gasteiger partial charge is 0.270 e. The summed E-state index contributed by atoms with van der Waals surface area (Å²) < 4.78 is 12.6. The van der Waals surface area contributed by atoms with E-state index in [4.69, 9.17) is 14.6 Å². The normalized spacial score (nSPS) is 14.2. The second-order valence-electron chi connectivity index (χ2n) is 8.39. The zero-order valence-corrected chi connectivity index (χ0v) is 19.6. The van der Waals surface area contributed by atoms with Gasteiger partial charge >= 0.3 is 0 Å². The first-order chi connectivity index (χ1) is 16.1. The Balaban J connectivity index is 1.62. The third-order valence-electron chi connectivity index (χ3n) is 6.07. The molecule has 4 rings (SSSR count). The summed E-state index contributed by atoms with van der Waals surface area (Å²) in [6, 6.07) is 15.4. The number of nitrogens with one attached hydrogen (secondary N) is 1. The average molecular weight is 449 g/mol. The van der Waals surface area contributed by atoms with E-state index in [1.165, 1.54) is 19.3 Å². The molecule has 1 N–H and O–H groups in total. The number of methoxy groups -OCH3 is 2. The largest absolute Gasteiger partial charge is 0.497 e. The lowest BCUT2D eigenvalue weighted by atomic mass is 10.1. The van der Waals surface area contributed by atoms with Crippen molar-refractivity contribution in [2.75, 3.05) is 40.4 Å². The lowest BCUT2D eigenvalue weighted by molar-refractivity contribution is 0.0939. The van der Waals surface area contributed by atoms with Gasteiger partial charge in [-0.05, 0) is 63.2 Å². The first kappa shape index (κ1) is 22.9. The molecule has 1 aliphatic rings. The molecule has 0 bridgehead atoms. The summed E-state index contributed by atoms with van der Waals surface area (Å²) in [6.07, 6.45) is 3.78. The Morgan fingerprint density at radius 1 is 1.00 bits per heavy atom. The molecule has 0 aliphatic carbocycles. The monoisotopic (exact) mass is 448 g/mol. The predicted octanol–water partition coefficient (Wildman–Crippen LogP) is 4.08. The maximum Gasteiger partial charge on any atom is 0.270 e. The minimum Gasteiger partial charge on any atom is -0.497 e. The molecule has 0 unspecified atom stereocenters. The molecule has 0 spiro atoms. The topological polar surface area (TPSA) is 68.6 Å². The van der Waals surface area contributed by atoms with Crippen molar-refractivity contribution >= 4 is 5.91 Å². The minimum absolute atomic E-state index is 0.140. The van der Waals surface area contributed by atoms with E-state index in [-0.39, 0.29) is 5.91 Å². The van der Waals surface area contributed by atoms with Crippen LogP contribution in [0, 0.1) is 6.92 Å². The summed E-state index contributed by atoms with van der Waals surface area (Å²) in [5.74, 6) is 1.20. The first-order valence-electron chi connectivity index (χ1n) is 11.5. The highest BCUT2D eigenvalue weighted by atomic mass is 16.5. The van der Waals surface area contributed by atoms with E-state index in [9.17, 15) is 4.79 Å². The number of aromatic nitrogens is 2. The number of aryl methyl sites for hydroxylation is 1. The fourth-order valence-corrected chi connectivity index (χ4v) is 4.17. The van der Waals surface area contributed by atoms with Gasteiger partial charge in [0.05, 0.1) is 25.6 Å². The van der Waals surface area contributed by atoms with Crippen LogP contribution in [-0.4, -0.2) is 61.0 Å². The Morgan fingerprint density at radius 3 is 2.45 bits per heavy atom. The molecule has 1 fully saturated rings. The number of piperidine rings is 1. The molecule has 2 aromatic carbocycles. The molecule has 0 atom stereocenters. The van der Waals surface area contributed by atoms with Gasteiger partial charge in [0.25, 0.3) is 5.91 Å². The van der Waals surface area contributed by atoms with Crippen molar-refractivity contribution in [2.24, 2.45) is 0 Å². The standard InChI is InChI=1S/C26H32N4O3/c1-19-7-9-20(10-8-19)30-24(26(31)27-13-16-29-14-5-4-6-15-29)18-23(28-30)22-12-11-21(32-2)17-25(22)33-3/h7-12,17-18H,4-6,13-16H2,1-3H3,(H,27,31). The van der Waals surface area contributed by atoms with E-state index < -0.39 is 0 Å². The molecule has 7 heteroatoms. The number of hydrogen-bond acceptors (Lipinski definition) is 5. The van der Waals surface area contributed by atoms with Crippen LogP contribution in [0.15, 0.2) is 48.5 Å². The van der Waals surface area contributed by atoms with Crippen molar-refractivity contribution in [2.45, 2.75) is 26.2 Å². The number of benzene rings is 2. The third-order valence-corrected chi connectivity index (χ3v) is 6.07. The number of likely N-dealkylation sites (tertiary alicyclic amines) is 1. The molecule has 7 nitrogen and oxygen atoms in total. The third kappa shape index (κ3) is 5.37. The Hall–Kier alpha value is -3.32. The molecule has 0 saturated carbocycles. The maximum absolute atomic E-state index is 13.2. The summed E-state index contributed by atoms with van der Waals surface area (Å²) in [5, 5.41) is 7.87. The highest BCUT2D eigenvalue weighted by Gasteiger charge is 2.20. The van der Waals surface area contributed by atoms with Gasteiger partial charge in [0, 0.05) is 24.7 Å². The molecular formula is C26H32N4O3. The van der Waals surface area contributed by atoms with Crippen LogP contribution in [0.2, 0.25) is 0 Å². The van der Waals surface area contributed by atoms with E-state index in [0.29, 0.717) is 29.4 Å². The SMILES string of the molecule is COc1ccc(-c2cc(C(=O)NCCN3CCCCC3)n(-c3ccc(C)cc3)n2)c(OC)c1. The van der Waals surface area contributed by atoms with Crippen LogP contribution in [0.4, 0.5) is 0 Å². The van der Waals surface area contributed by atoms with E-state index in [0.717, 1.165) is 36.4 Å². The van der Waals surface area contributed by atoms with Crippen molar-refractivity contribution in [3.05, 3.63) is 59.8 Å². The van der Waals surface area contributed by atoms with Crippen molar-refractivity contribution < 1.29 is 14.3 Å². The van der Waals surface area contributed by atoms with Gasteiger partial charge in [-0.3, -0.25) is 4.79 Å². The summed E-state index contributed by atoms with van der Waals surface area (Å²) >= 11 is 0. The summed E-state index contributed by atoms with van der Waals surface area (Å²) in [5.41, 5.74) is 3.93. The van der Waals surface area contributed by atoms with Crippen LogP contribution in [0.5, 0.6) is 11.5 Å². The van der Waals surface area contributed by atoms with Crippen molar-refractivity contribution in [3.8, 4) is 28.4 Å². The summed E-state index contributed by atoms with van der Waals surface area (Å²) in [6.45, 7) is 5.73. The first-order valence-corrected chi connectivity index (χ1v) is 11.5. The second-order valence-corrected chi connectivity index (χ2v) is 8.39. The number of nitrogens with zero attached hydrogens (tertiary/aromatic N) is 3. The predicted molar refractivity (Wildman–Crippen MR) is 129 cm³/mol. The van der Waals surface area contributed by atoms with Gasteiger partial charge in [-0.15, -0.1) is 0 Å². The number of ether oxygens (including phenoxy) is 2. The Kier molecular flexibility index (Phi) is 7.29. The van der Waals surface area contributed by atoms with Gasteiger partial charge in [-0.25, -0.2) is 4.68 Å². The zero-order chi connectivity index (χ0) is 23.2.